The topological polar surface area (TPSA) is 84.9 Å². The molecule has 0 atom stereocenters. The molecule has 7 nitrogen and oxygen atoms in total. The molecule has 1 aliphatic heterocycles. The van der Waals surface area contributed by atoms with E-state index in [1.54, 1.807) is 72.8 Å². The maximum atomic E-state index is 12.9. The van der Waals surface area contributed by atoms with E-state index in [-0.39, 0.29) is 24.7 Å². The lowest BCUT2D eigenvalue weighted by Crippen LogP contribution is -2.32. The number of thioether (sulfide) groups is 1. The van der Waals surface area contributed by atoms with Gasteiger partial charge in [0.05, 0.1) is 22.2 Å². The highest BCUT2D eigenvalue weighted by molar-refractivity contribution is 9.10. The highest BCUT2D eigenvalue weighted by atomic mass is 79.9. The number of halogens is 3. The number of carbonyl (C=O) groups is 3. The Morgan fingerprint density at radius 2 is 1.78 bits per heavy atom. The summed E-state index contributed by atoms with van der Waals surface area (Å²) in [5.41, 5.74) is 1.00. The molecular weight excluding hydrogens is 603 g/mol. The summed E-state index contributed by atoms with van der Waals surface area (Å²) in [6, 6.07) is 18.8. The van der Waals surface area contributed by atoms with Crippen LogP contribution in [0.1, 0.15) is 5.56 Å². The van der Waals surface area contributed by atoms with Gasteiger partial charge in [0.2, 0.25) is 0 Å². The molecule has 1 N–H and O–H groups in total. The number of nitrogens with zero attached hydrogens (tertiary/aromatic N) is 1. The lowest BCUT2D eigenvalue weighted by Gasteiger charge is -2.13. The smallest absolute Gasteiger partial charge is 0.293 e. The van der Waals surface area contributed by atoms with Crippen LogP contribution in [0.4, 0.5) is 10.5 Å². The number of carbonyl (C=O) groups excluding carboxylic acids is 3. The number of amides is 3. The van der Waals surface area contributed by atoms with E-state index in [2.05, 4.69) is 21.2 Å². The van der Waals surface area contributed by atoms with Crippen molar-refractivity contribution in [2.45, 2.75) is 0 Å². The van der Waals surface area contributed by atoms with E-state index in [9.17, 15) is 14.4 Å². The number of rotatable bonds is 9. The van der Waals surface area contributed by atoms with Crippen LogP contribution < -0.4 is 14.8 Å². The molecule has 3 aromatic rings. The third-order valence-corrected chi connectivity index (χ3v) is 7.02. The second-order valence-electron chi connectivity index (χ2n) is 7.63. The number of benzene rings is 3. The van der Waals surface area contributed by atoms with Crippen molar-refractivity contribution in [2.24, 2.45) is 0 Å². The number of imide groups is 1. The molecule has 3 aromatic carbocycles. The molecule has 1 saturated heterocycles. The van der Waals surface area contributed by atoms with Crippen molar-refractivity contribution >= 4 is 79.7 Å². The average molecular weight is 622 g/mol. The Morgan fingerprint density at radius 3 is 2.54 bits per heavy atom. The minimum atomic E-state index is -0.433. The Morgan fingerprint density at radius 1 is 1.03 bits per heavy atom. The van der Waals surface area contributed by atoms with E-state index in [0.29, 0.717) is 32.8 Å². The molecule has 0 saturated carbocycles. The number of ether oxygens (including phenoxy) is 2. The van der Waals surface area contributed by atoms with Gasteiger partial charge in [-0.15, -0.1) is 0 Å². The van der Waals surface area contributed by atoms with Crippen LogP contribution >= 0.6 is 50.9 Å². The van der Waals surface area contributed by atoms with Gasteiger partial charge in [-0.1, -0.05) is 51.3 Å². The summed E-state index contributed by atoms with van der Waals surface area (Å²) in [6.07, 6.45) is 1.57. The van der Waals surface area contributed by atoms with Crippen LogP contribution in [0.15, 0.2) is 76.1 Å². The van der Waals surface area contributed by atoms with Crippen molar-refractivity contribution in [1.29, 1.82) is 0 Å². The summed E-state index contributed by atoms with van der Waals surface area (Å²) in [4.78, 5) is 39.1. The number of nitrogens with one attached hydrogen (secondary N) is 1. The standard InChI is InChI=1S/C26H19BrCl2N2O5S/c27-17-5-10-22(36-15-24(32)30-21-4-2-1-3-20(21)29)16(13-17)14-23-25(33)31(26(34)37-23)11-12-35-19-8-6-18(28)7-9-19/h1-10,13-14H,11-12,15H2,(H,30,32)/b23-14-. The van der Waals surface area contributed by atoms with E-state index in [1.807, 2.05) is 0 Å². The van der Waals surface area contributed by atoms with E-state index < -0.39 is 17.1 Å². The molecular formula is C26H19BrCl2N2O5S. The lowest BCUT2D eigenvalue weighted by molar-refractivity contribution is -0.123. The molecule has 3 amide bonds. The van der Waals surface area contributed by atoms with E-state index >= 15 is 0 Å². The number of hydrogen-bond acceptors (Lipinski definition) is 6. The fraction of sp³-hybridized carbons (Fsp3) is 0.115. The monoisotopic (exact) mass is 620 g/mol. The summed E-state index contributed by atoms with van der Waals surface area (Å²) in [6.45, 7) is -0.0509. The van der Waals surface area contributed by atoms with Crippen molar-refractivity contribution in [1.82, 2.24) is 4.90 Å². The Balaban J connectivity index is 1.40. The molecule has 1 heterocycles. The molecule has 1 fully saturated rings. The minimum absolute atomic E-state index is 0.0920. The highest BCUT2D eigenvalue weighted by Gasteiger charge is 2.35. The van der Waals surface area contributed by atoms with Gasteiger partial charge in [-0.25, -0.2) is 0 Å². The van der Waals surface area contributed by atoms with Gasteiger partial charge in [0.1, 0.15) is 18.1 Å². The van der Waals surface area contributed by atoms with E-state index in [1.165, 1.54) is 0 Å². The van der Waals surface area contributed by atoms with Gasteiger partial charge in [-0.05, 0) is 72.4 Å². The Hall–Kier alpha value is -2.98. The van der Waals surface area contributed by atoms with Crippen LogP contribution in [0, 0.1) is 0 Å². The second-order valence-corrected chi connectivity index (χ2v) is 10.4. The predicted octanol–water partition coefficient (Wildman–Crippen LogP) is 6.89. The summed E-state index contributed by atoms with van der Waals surface area (Å²) in [5, 5.41) is 3.29. The number of hydrogen-bond donors (Lipinski definition) is 1. The van der Waals surface area contributed by atoms with Gasteiger partial charge >= 0.3 is 0 Å². The Bertz CT molecular complexity index is 1370. The summed E-state index contributed by atoms with van der Waals surface area (Å²) in [5.74, 6) is 0.122. The molecule has 0 aliphatic carbocycles. The maximum Gasteiger partial charge on any atom is 0.293 e. The van der Waals surface area contributed by atoms with Crippen LogP contribution in [0.3, 0.4) is 0 Å². The van der Waals surface area contributed by atoms with Gasteiger partial charge in [0.15, 0.2) is 6.61 Å². The highest BCUT2D eigenvalue weighted by Crippen LogP contribution is 2.35. The molecule has 0 aromatic heterocycles. The zero-order chi connectivity index (χ0) is 26.4. The molecule has 4 rings (SSSR count). The first-order valence-electron chi connectivity index (χ1n) is 10.9. The molecule has 0 unspecified atom stereocenters. The van der Waals surface area contributed by atoms with Crippen LogP contribution in [-0.2, 0) is 9.59 Å². The van der Waals surface area contributed by atoms with E-state index in [0.717, 1.165) is 21.1 Å². The van der Waals surface area contributed by atoms with Crippen LogP contribution in [0.2, 0.25) is 10.0 Å². The van der Waals surface area contributed by atoms with Gasteiger partial charge in [0.25, 0.3) is 17.1 Å². The fourth-order valence-corrected chi connectivity index (χ4v) is 4.82. The van der Waals surface area contributed by atoms with Crippen molar-refractivity contribution in [2.75, 3.05) is 25.1 Å². The fourth-order valence-electron chi connectivity index (χ4n) is 3.28. The van der Waals surface area contributed by atoms with Gasteiger partial charge in [-0.2, -0.15) is 0 Å². The van der Waals surface area contributed by atoms with Gasteiger partial charge < -0.3 is 14.8 Å². The molecule has 1 aliphatic rings. The zero-order valence-electron chi connectivity index (χ0n) is 19.1. The molecule has 0 spiro atoms. The summed E-state index contributed by atoms with van der Waals surface area (Å²) >= 11 is 16.2. The van der Waals surface area contributed by atoms with Crippen molar-refractivity contribution in [3.63, 3.8) is 0 Å². The lowest BCUT2D eigenvalue weighted by atomic mass is 10.2. The normalized spacial score (nSPS) is 14.2. The third-order valence-electron chi connectivity index (χ3n) is 5.04. The van der Waals surface area contributed by atoms with Gasteiger partial charge in [0, 0.05) is 15.1 Å². The van der Waals surface area contributed by atoms with Gasteiger partial charge in [-0.3, -0.25) is 19.3 Å². The Kier molecular flexibility index (Phi) is 9.15. The maximum absolute atomic E-state index is 12.9. The zero-order valence-corrected chi connectivity index (χ0v) is 23.0. The van der Waals surface area contributed by atoms with Crippen molar-refractivity contribution in [3.05, 3.63) is 91.7 Å². The third kappa shape index (κ3) is 7.29. The predicted molar refractivity (Wildman–Crippen MR) is 149 cm³/mol. The van der Waals surface area contributed by atoms with Crippen LogP contribution in [0.25, 0.3) is 6.08 Å². The minimum Gasteiger partial charge on any atom is -0.492 e. The largest absolute Gasteiger partial charge is 0.492 e. The summed E-state index contributed by atoms with van der Waals surface area (Å²) in [7, 11) is 0. The van der Waals surface area contributed by atoms with Crippen molar-refractivity contribution in [3.8, 4) is 11.5 Å². The first kappa shape index (κ1) is 27.1. The van der Waals surface area contributed by atoms with Crippen LogP contribution in [0.5, 0.6) is 11.5 Å². The first-order valence-corrected chi connectivity index (χ1v) is 13.3. The molecule has 11 heteroatoms. The molecule has 0 bridgehead atoms. The average Bonchev–Trinajstić information content (AvgIpc) is 3.13. The number of anilines is 1. The van der Waals surface area contributed by atoms with Crippen molar-refractivity contribution < 1.29 is 23.9 Å². The Labute approximate surface area is 235 Å². The molecule has 37 heavy (non-hydrogen) atoms. The molecule has 0 radical (unpaired) electrons. The first-order chi connectivity index (χ1) is 17.8. The summed E-state index contributed by atoms with van der Waals surface area (Å²) < 4.78 is 12.1. The SMILES string of the molecule is O=C(COc1ccc(Br)cc1/C=C1\SC(=O)N(CCOc2ccc(Cl)cc2)C1=O)Nc1ccccc1Cl. The van der Waals surface area contributed by atoms with Crippen LogP contribution in [-0.4, -0.2) is 41.7 Å². The number of para-hydroxylation sites is 1. The quantitative estimate of drug-likeness (QED) is 0.262. The van der Waals surface area contributed by atoms with E-state index in [4.69, 9.17) is 32.7 Å². The second kappa shape index (κ2) is 12.5. The molecule has 190 valence electrons.